The molecule has 188 valence electrons. The first kappa shape index (κ1) is 23.8. The number of ketones is 2. The maximum atomic E-state index is 13.1. The summed E-state index contributed by atoms with van der Waals surface area (Å²) in [5, 5.41) is 6.11. The normalized spacial score (nSPS) is 18.0. The van der Waals surface area contributed by atoms with Crippen LogP contribution in [0.1, 0.15) is 55.6 Å². The molecule has 2 aliphatic carbocycles. The Bertz CT molecular complexity index is 1460. The second kappa shape index (κ2) is 9.71. The van der Waals surface area contributed by atoms with Gasteiger partial charge in [0.2, 0.25) is 0 Å². The topological polar surface area (TPSA) is 64.6 Å². The molecule has 0 spiro atoms. The van der Waals surface area contributed by atoms with Crippen LogP contribution in [0, 0.1) is 0 Å². The Morgan fingerprint density at radius 1 is 0.892 bits per heavy atom. The van der Waals surface area contributed by atoms with Crippen LogP contribution in [0.15, 0.2) is 77.1 Å². The van der Waals surface area contributed by atoms with Gasteiger partial charge >= 0.3 is 0 Å². The zero-order valence-corrected chi connectivity index (χ0v) is 21.5. The van der Waals surface area contributed by atoms with Gasteiger partial charge in [0, 0.05) is 41.3 Å². The average Bonchev–Trinajstić information content (AvgIpc) is 2.91. The van der Waals surface area contributed by atoms with Crippen molar-refractivity contribution in [2.75, 3.05) is 7.11 Å². The molecule has 0 atom stereocenters. The van der Waals surface area contributed by atoms with Gasteiger partial charge in [0.05, 0.1) is 12.1 Å². The lowest BCUT2D eigenvalue weighted by atomic mass is 9.71. The first-order chi connectivity index (χ1) is 18.0. The second-order valence-electron chi connectivity index (χ2n) is 9.86. The van der Waals surface area contributed by atoms with Gasteiger partial charge in [-0.1, -0.05) is 54.1 Å². The molecule has 3 aromatic carbocycles. The number of ether oxygens (including phenoxy) is 2. The molecule has 1 aliphatic heterocycles. The lowest BCUT2D eigenvalue weighted by Crippen LogP contribution is -2.36. The molecular weight excluding hydrogens is 486 g/mol. The Hall–Kier alpha value is -3.57. The van der Waals surface area contributed by atoms with Gasteiger partial charge < -0.3 is 14.8 Å². The maximum absolute atomic E-state index is 13.1. The minimum absolute atomic E-state index is 0.0926. The Labute approximate surface area is 221 Å². The van der Waals surface area contributed by atoms with E-state index in [-0.39, 0.29) is 11.6 Å². The summed E-state index contributed by atoms with van der Waals surface area (Å²) >= 11 is 6.82. The van der Waals surface area contributed by atoms with Crippen LogP contribution in [0.5, 0.6) is 11.5 Å². The van der Waals surface area contributed by atoms with E-state index >= 15 is 0 Å². The smallest absolute Gasteiger partial charge is 0.180 e. The summed E-state index contributed by atoms with van der Waals surface area (Å²) in [5.41, 5.74) is 5.11. The van der Waals surface area contributed by atoms with Crippen molar-refractivity contribution >= 4 is 33.9 Å². The molecule has 3 aromatic rings. The van der Waals surface area contributed by atoms with E-state index in [9.17, 15) is 9.59 Å². The van der Waals surface area contributed by atoms with Crippen molar-refractivity contribution in [1.29, 1.82) is 0 Å². The molecule has 3 aliphatic rings. The largest absolute Gasteiger partial charge is 0.493 e. The Balaban J connectivity index is 1.40. The van der Waals surface area contributed by atoms with Crippen molar-refractivity contribution in [3.05, 3.63) is 93.3 Å². The second-order valence-corrected chi connectivity index (χ2v) is 10.3. The SMILES string of the molecule is COc1cc(C2C3=C(CCCC3=O)NC3=C2C(=O)CCC3)cc(Cl)c1OCc1cccc2ccccc12. The summed E-state index contributed by atoms with van der Waals surface area (Å²) < 4.78 is 12.0. The summed E-state index contributed by atoms with van der Waals surface area (Å²) in [4.78, 5) is 26.3. The molecule has 0 saturated heterocycles. The van der Waals surface area contributed by atoms with Gasteiger partial charge in [0.1, 0.15) is 6.61 Å². The number of hydrogen-bond donors (Lipinski definition) is 1. The van der Waals surface area contributed by atoms with Crippen molar-refractivity contribution in [1.82, 2.24) is 5.32 Å². The predicted molar refractivity (Wildman–Crippen MR) is 144 cm³/mol. The number of fused-ring (bicyclic) bond motifs is 1. The molecule has 0 bridgehead atoms. The number of carbonyl (C=O) groups is 2. The summed E-state index contributed by atoms with van der Waals surface area (Å²) in [6.45, 7) is 0.325. The molecule has 6 rings (SSSR count). The standard InChI is InChI=1S/C31H28ClNO4/c1-36-27-16-20(15-22(32)31(27)37-17-19-9-4-8-18-7-2-3-10-21(18)19)28-29-23(11-5-13-25(29)34)33-24-12-6-14-26(35)30(24)28/h2-4,7-10,15-16,28,33H,5-6,11-14,17H2,1H3. The monoisotopic (exact) mass is 513 g/mol. The first-order valence-electron chi connectivity index (χ1n) is 12.8. The Morgan fingerprint density at radius 3 is 2.27 bits per heavy atom. The average molecular weight is 514 g/mol. The third kappa shape index (κ3) is 4.21. The number of benzene rings is 3. The maximum Gasteiger partial charge on any atom is 0.180 e. The Morgan fingerprint density at radius 2 is 1.57 bits per heavy atom. The molecule has 0 saturated carbocycles. The van der Waals surface area contributed by atoms with Gasteiger partial charge in [0.15, 0.2) is 23.1 Å². The van der Waals surface area contributed by atoms with E-state index in [1.165, 1.54) is 0 Å². The number of methoxy groups -OCH3 is 1. The zero-order chi connectivity index (χ0) is 25.5. The van der Waals surface area contributed by atoms with Gasteiger partial charge in [-0.05, 0) is 59.7 Å². The van der Waals surface area contributed by atoms with E-state index in [4.69, 9.17) is 21.1 Å². The number of halogens is 1. The summed E-state index contributed by atoms with van der Waals surface area (Å²) in [5.74, 6) is 0.677. The quantitative estimate of drug-likeness (QED) is 0.407. The van der Waals surface area contributed by atoms with Crippen molar-refractivity contribution in [3.8, 4) is 11.5 Å². The van der Waals surface area contributed by atoms with Crippen LogP contribution in [0.25, 0.3) is 10.8 Å². The van der Waals surface area contributed by atoms with Crippen LogP contribution in [0.4, 0.5) is 0 Å². The van der Waals surface area contributed by atoms with E-state index < -0.39 is 5.92 Å². The van der Waals surface area contributed by atoms with E-state index in [2.05, 4.69) is 23.5 Å². The Kier molecular flexibility index (Phi) is 6.25. The van der Waals surface area contributed by atoms with Gasteiger partial charge in [-0.2, -0.15) is 0 Å². The van der Waals surface area contributed by atoms with Crippen LogP contribution < -0.4 is 14.8 Å². The number of nitrogens with one attached hydrogen (secondary N) is 1. The van der Waals surface area contributed by atoms with Crippen molar-refractivity contribution in [3.63, 3.8) is 0 Å². The lowest BCUT2D eigenvalue weighted by Gasteiger charge is -2.37. The van der Waals surface area contributed by atoms with Crippen molar-refractivity contribution in [2.45, 2.75) is 51.0 Å². The summed E-state index contributed by atoms with van der Waals surface area (Å²) in [7, 11) is 1.58. The van der Waals surface area contributed by atoms with Crippen LogP contribution in [-0.2, 0) is 16.2 Å². The highest BCUT2D eigenvalue weighted by Crippen LogP contribution is 2.48. The molecule has 1 heterocycles. The predicted octanol–water partition coefficient (Wildman–Crippen LogP) is 6.78. The molecular formula is C31H28ClNO4. The highest BCUT2D eigenvalue weighted by atomic mass is 35.5. The van der Waals surface area contributed by atoms with E-state index in [1.54, 1.807) is 7.11 Å². The summed E-state index contributed by atoms with van der Waals surface area (Å²) in [6.07, 6.45) is 4.23. The van der Waals surface area contributed by atoms with Crippen LogP contribution in [0.3, 0.4) is 0 Å². The molecule has 5 nitrogen and oxygen atoms in total. The lowest BCUT2D eigenvalue weighted by molar-refractivity contribution is -0.116. The van der Waals surface area contributed by atoms with Crippen molar-refractivity contribution in [2.24, 2.45) is 0 Å². The highest BCUT2D eigenvalue weighted by Gasteiger charge is 2.40. The van der Waals surface area contributed by atoms with Crippen LogP contribution >= 0.6 is 11.6 Å². The van der Waals surface area contributed by atoms with Gasteiger partial charge in [-0.15, -0.1) is 0 Å². The van der Waals surface area contributed by atoms with E-state index in [0.29, 0.717) is 47.1 Å². The number of allylic oxidation sites excluding steroid dienone is 4. The number of carbonyl (C=O) groups excluding carboxylic acids is 2. The fourth-order valence-electron chi connectivity index (χ4n) is 5.93. The van der Waals surface area contributed by atoms with Crippen LogP contribution in [0.2, 0.25) is 5.02 Å². The number of hydrogen-bond acceptors (Lipinski definition) is 5. The third-order valence-corrected chi connectivity index (χ3v) is 7.91. The van der Waals surface area contributed by atoms with Crippen molar-refractivity contribution < 1.29 is 19.1 Å². The minimum Gasteiger partial charge on any atom is -0.493 e. The van der Waals surface area contributed by atoms with E-state index in [0.717, 1.165) is 59.0 Å². The summed E-state index contributed by atoms with van der Waals surface area (Å²) in [6, 6.07) is 18.0. The molecule has 1 N–H and O–H groups in total. The molecule has 0 amide bonds. The molecule has 0 unspecified atom stereocenters. The van der Waals surface area contributed by atoms with Crippen LogP contribution in [-0.4, -0.2) is 18.7 Å². The fourth-order valence-corrected chi connectivity index (χ4v) is 6.21. The third-order valence-electron chi connectivity index (χ3n) is 7.63. The molecule has 0 radical (unpaired) electrons. The fraction of sp³-hybridized carbons (Fsp3) is 0.290. The van der Waals surface area contributed by atoms with Gasteiger partial charge in [0.25, 0.3) is 0 Å². The number of dihydropyridines is 1. The van der Waals surface area contributed by atoms with E-state index in [1.807, 2.05) is 36.4 Å². The highest BCUT2D eigenvalue weighted by molar-refractivity contribution is 6.32. The molecule has 0 fully saturated rings. The molecule has 0 aromatic heterocycles. The van der Waals surface area contributed by atoms with Gasteiger partial charge in [-0.25, -0.2) is 0 Å². The molecule has 6 heteroatoms. The zero-order valence-electron chi connectivity index (χ0n) is 20.7. The van der Waals surface area contributed by atoms with Gasteiger partial charge in [-0.3, -0.25) is 9.59 Å². The number of Topliss-reactive ketones (excluding diaryl/α,β-unsaturated/α-hetero) is 2. The minimum atomic E-state index is -0.439. The number of rotatable bonds is 5. The molecule has 37 heavy (non-hydrogen) atoms. The first-order valence-corrected chi connectivity index (χ1v) is 13.2.